The largest absolute Gasteiger partial charge is 0.435 e. The first-order valence-corrected chi connectivity index (χ1v) is 5.85. The number of halogens is 4. The number of nitrogens with one attached hydrogen (secondary N) is 2. The van der Waals surface area contributed by atoms with Crippen molar-refractivity contribution in [2.45, 2.75) is 38.2 Å². The average Bonchev–Trinajstić information content (AvgIpc) is 2.73. The molecule has 1 saturated heterocycles. The van der Waals surface area contributed by atoms with Gasteiger partial charge in [-0.2, -0.15) is 18.3 Å². The summed E-state index contributed by atoms with van der Waals surface area (Å²) in [5, 5.41) is 5.57. The van der Waals surface area contributed by atoms with Crippen LogP contribution < -0.4 is 10.7 Å². The fraction of sp³-hybridized carbons (Fsp3) is 0.636. The van der Waals surface area contributed by atoms with Crippen molar-refractivity contribution in [1.29, 1.82) is 0 Å². The summed E-state index contributed by atoms with van der Waals surface area (Å²) in [5.74, 6) is -0.906. The average molecular weight is 281 g/mol. The maximum atomic E-state index is 13.2. The van der Waals surface area contributed by atoms with Crippen LogP contribution in [0.1, 0.15) is 19.8 Å². The number of hydrogen-bond acceptors (Lipinski definition) is 3. The number of alkyl halides is 4. The van der Waals surface area contributed by atoms with E-state index in [2.05, 4.69) is 10.4 Å². The maximum absolute atomic E-state index is 13.2. The molecule has 1 amide bonds. The lowest BCUT2D eigenvalue weighted by molar-refractivity contribution is -0.123. The van der Waals surface area contributed by atoms with E-state index in [0.717, 1.165) is 6.08 Å². The van der Waals surface area contributed by atoms with Crippen molar-refractivity contribution in [1.82, 2.24) is 10.7 Å². The molecule has 19 heavy (non-hydrogen) atoms. The smallest absolute Gasteiger partial charge is 0.303 e. The Hall–Kier alpha value is -1.44. The van der Waals surface area contributed by atoms with Crippen LogP contribution in [-0.2, 0) is 4.79 Å². The van der Waals surface area contributed by atoms with Crippen molar-refractivity contribution in [2.24, 2.45) is 5.10 Å². The van der Waals surface area contributed by atoms with Crippen molar-refractivity contribution < 1.29 is 22.4 Å². The topological polar surface area (TPSA) is 53.5 Å². The molecule has 1 aliphatic rings. The van der Waals surface area contributed by atoms with Gasteiger partial charge in [0.15, 0.2) is 5.71 Å². The molecule has 1 fully saturated rings. The highest BCUT2D eigenvalue weighted by molar-refractivity contribution is 6.00. The van der Waals surface area contributed by atoms with Crippen LogP contribution in [0.2, 0.25) is 0 Å². The summed E-state index contributed by atoms with van der Waals surface area (Å²) in [4.78, 5) is 11.4. The van der Waals surface area contributed by atoms with Crippen LogP contribution in [0.25, 0.3) is 0 Å². The number of amides is 1. The van der Waals surface area contributed by atoms with E-state index >= 15 is 0 Å². The molecule has 0 unspecified atom stereocenters. The van der Waals surface area contributed by atoms with Crippen molar-refractivity contribution >= 4 is 11.6 Å². The molecule has 0 bridgehead atoms. The van der Waals surface area contributed by atoms with Gasteiger partial charge in [-0.15, -0.1) is 0 Å². The molecule has 2 N–H and O–H groups in total. The molecule has 2 atom stereocenters. The van der Waals surface area contributed by atoms with Crippen molar-refractivity contribution in [2.75, 3.05) is 6.54 Å². The zero-order valence-electron chi connectivity index (χ0n) is 10.3. The van der Waals surface area contributed by atoms with Gasteiger partial charge in [0.1, 0.15) is 12.2 Å². The second-order valence-electron chi connectivity index (χ2n) is 4.02. The van der Waals surface area contributed by atoms with Gasteiger partial charge in [0, 0.05) is 0 Å². The summed E-state index contributed by atoms with van der Waals surface area (Å²) >= 11 is 0. The number of hydrazone groups is 1. The SMILES string of the molecule is CC/C=C\C(=N/NC(=O)[C@H]1NCC[C@@H]1F)C(F)(F)F. The summed E-state index contributed by atoms with van der Waals surface area (Å²) in [6, 6.07) is -1.15. The van der Waals surface area contributed by atoms with Gasteiger partial charge in [0.25, 0.3) is 5.91 Å². The summed E-state index contributed by atoms with van der Waals surface area (Å²) in [5.41, 5.74) is 0.520. The number of allylic oxidation sites excluding steroid dienone is 2. The molecule has 0 aromatic heterocycles. The normalized spacial score (nSPS) is 25.0. The number of carbonyl (C=O) groups is 1. The van der Waals surface area contributed by atoms with Gasteiger partial charge < -0.3 is 5.32 Å². The van der Waals surface area contributed by atoms with Crippen LogP contribution in [0.5, 0.6) is 0 Å². The van der Waals surface area contributed by atoms with Crippen LogP contribution in [0.3, 0.4) is 0 Å². The first-order chi connectivity index (χ1) is 8.86. The highest BCUT2D eigenvalue weighted by Gasteiger charge is 2.36. The molecular weight excluding hydrogens is 266 g/mol. The second-order valence-corrected chi connectivity index (χ2v) is 4.02. The summed E-state index contributed by atoms with van der Waals surface area (Å²) in [7, 11) is 0. The summed E-state index contributed by atoms with van der Waals surface area (Å²) in [6.45, 7) is 1.98. The minimum atomic E-state index is -4.67. The lowest BCUT2D eigenvalue weighted by Gasteiger charge is -2.12. The fourth-order valence-electron chi connectivity index (χ4n) is 1.54. The molecule has 0 radical (unpaired) electrons. The fourth-order valence-corrected chi connectivity index (χ4v) is 1.54. The van der Waals surface area contributed by atoms with Gasteiger partial charge in [-0.1, -0.05) is 13.0 Å². The van der Waals surface area contributed by atoms with Gasteiger partial charge in [-0.05, 0) is 25.5 Å². The van der Waals surface area contributed by atoms with Gasteiger partial charge in [-0.25, -0.2) is 9.82 Å². The molecule has 0 saturated carbocycles. The lowest BCUT2D eigenvalue weighted by atomic mass is 10.2. The first kappa shape index (κ1) is 15.6. The molecule has 1 rings (SSSR count). The van der Waals surface area contributed by atoms with Crippen LogP contribution >= 0.6 is 0 Å². The van der Waals surface area contributed by atoms with E-state index in [-0.39, 0.29) is 6.42 Å². The van der Waals surface area contributed by atoms with Gasteiger partial charge in [0.05, 0.1) is 0 Å². The zero-order valence-corrected chi connectivity index (χ0v) is 10.3. The Bertz CT molecular complexity index is 379. The molecule has 4 nitrogen and oxygen atoms in total. The van der Waals surface area contributed by atoms with E-state index in [1.54, 1.807) is 12.3 Å². The van der Waals surface area contributed by atoms with Crippen LogP contribution in [0.4, 0.5) is 17.6 Å². The molecule has 0 spiro atoms. The third kappa shape index (κ3) is 4.62. The number of rotatable bonds is 4. The Labute approximate surface area is 107 Å². The molecule has 0 aromatic rings. The Balaban J connectivity index is 2.70. The highest BCUT2D eigenvalue weighted by Crippen LogP contribution is 2.18. The quantitative estimate of drug-likeness (QED) is 0.468. The van der Waals surface area contributed by atoms with Crippen molar-refractivity contribution in [3.05, 3.63) is 12.2 Å². The number of nitrogens with zero attached hydrogens (tertiary/aromatic N) is 1. The maximum Gasteiger partial charge on any atom is 0.435 e. The van der Waals surface area contributed by atoms with E-state index in [1.165, 1.54) is 6.08 Å². The third-order valence-electron chi connectivity index (χ3n) is 2.52. The van der Waals surface area contributed by atoms with Crippen LogP contribution in [0, 0.1) is 0 Å². The Morgan fingerprint density at radius 2 is 2.21 bits per heavy atom. The summed E-state index contributed by atoms with van der Waals surface area (Å²) < 4.78 is 50.8. The van der Waals surface area contributed by atoms with E-state index in [0.29, 0.717) is 13.0 Å². The monoisotopic (exact) mass is 281 g/mol. The minimum Gasteiger partial charge on any atom is -0.303 e. The standard InChI is InChI=1S/C11H15F4N3O/c1-2-3-4-8(11(13,14)15)17-18-10(19)9-7(12)5-6-16-9/h3-4,7,9,16H,2,5-6H2,1H3,(H,18,19)/b4-3-,17-8+/t7-,9-/m0/s1. The van der Waals surface area contributed by atoms with E-state index in [4.69, 9.17) is 0 Å². The molecule has 8 heteroatoms. The van der Waals surface area contributed by atoms with Gasteiger partial charge >= 0.3 is 6.18 Å². The molecule has 0 aromatic carbocycles. The van der Waals surface area contributed by atoms with Crippen molar-refractivity contribution in [3.63, 3.8) is 0 Å². The first-order valence-electron chi connectivity index (χ1n) is 5.85. The predicted molar refractivity (Wildman–Crippen MR) is 62.4 cm³/mol. The van der Waals surface area contributed by atoms with Crippen molar-refractivity contribution in [3.8, 4) is 0 Å². The lowest BCUT2D eigenvalue weighted by Crippen LogP contribution is -2.43. The van der Waals surface area contributed by atoms with E-state index in [1.807, 2.05) is 0 Å². The van der Waals surface area contributed by atoms with Crippen LogP contribution in [-0.4, -0.2) is 36.6 Å². The van der Waals surface area contributed by atoms with Gasteiger partial charge in [0.2, 0.25) is 0 Å². The molecule has 0 aliphatic carbocycles. The highest BCUT2D eigenvalue weighted by atomic mass is 19.4. The molecular formula is C11H15F4N3O. The van der Waals surface area contributed by atoms with Crippen LogP contribution in [0.15, 0.2) is 17.3 Å². The third-order valence-corrected chi connectivity index (χ3v) is 2.52. The second kappa shape index (κ2) is 6.65. The number of carbonyl (C=O) groups excluding carboxylic acids is 1. The number of hydrogen-bond donors (Lipinski definition) is 2. The Kier molecular flexibility index (Phi) is 5.46. The molecule has 1 aliphatic heterocycles. The van der Waals surface area contributed by atoms with E-state index in [9.17, 15) is 22.4 Å². The van der Waals surface area contributed by atoms with Gasteiger partial charge in [-0.3, -0.25) is 4.79 Å². The minimum absolute atomic E-state index is 0.156. The predicted octanol–water partition coefficient (Wildman–Crippen LogP) is 1.69. The summed E-state index contributed by atoms with van der Waals surface area (Å²) in [6.07, 6.45) is -3.48. The zero-order chi connectivity index (χ0) is 14.5. The Morgan fingerprint density at radius 1 is 1.53 bits per heavy atom. The Morgan fingerprint density at radius 3 is 2.68 bits per heavy atom. The molecule has 1 heterocycles. The van der Waals surface area contributed by atoms with E-state index < -0.39 is 30.0 Å². The molecule has 108 valence electrons.